The van der Waals surface area contributed by atoms with Gasteiger partial charge in [0.1, 0.15) is 0 Å². The van der Waals surface area contributed by atoms with Crippen molar-refractivity contribution < 1.29 is 9.13 Å². The fraction of sp³-hybridized carbons (Fsp3) is 0.333. The average molecular weight is 386 g/mol. The van der Waals surface area contributed by atoms with Crippen LogP contribution < -0.4 is 15.6 Å². The maximum Gasteiger partial charge on any atom is 0.165 e. The fourth-order valence-electron chi connectivity index (χ4n) is 3.78. The van der Waals surface area contributed by atoms with Gasteiger partial charge < -0.3 is 9.64 Å². The van der Waals surface area contributed by atoms with E-state index in [1.54, 1.807) is 12.1 Å². The molecule has 1 fully saturated rings. The van der Waals surface area contributed by atoms with Gasteiger partial charge in [0.2, 0.25) is 0 Å². The topological polar surface area (TPSA) is 36.5 Å². The van der Waals surface area contributed by atoms with Crippen LogP contribution in [0.1, 0.15) is 16.5 Å². The van der Waals surface area contributed by atoms with Crippen molar-refractivity contribution in [3.05, 3.63) is 64.8 Å². The number of hydrogen-bond acceptors (Lipinski definition) is 5. The van der Waals surface area contributed by atoms with E-state index in [2.05, 4.69) is 53.1 Å². The third-order valence-corrected chi connectivity index (χ3v) is 6.18. The molecule has 2 unspecified atom stereocenters. The molecule has 142 valence electrons. The minimum Gasteiger partial charge on any atom is -0.494 e. The zero-order valence-electron chi connectivity index (χ0n) is 15.5. The summed E-state index contributed by atoms with van der Waals surface area (Å²) in [7, 11) is 3.63. The van der Waals surface area contributed by atoms with Gasteiger partial charge in [0.25, 0.3) is 0 Å². The van der Waals surface area contributed by atoms with Gasteiger partial charge in [-0.25, -0.2) is 9.82 Å². The van der Waals surface area contributed by atoms with Crippen LogP contribution in [0.2, 0.25) is 0 Å². The van der Waals surface area contributed by atoms with Crippen molar-refractivity contribution in [3.8, 4) is 5.75 Å². The lowest BCUT2D eigenvalue weighted by atomic mass is 9.94. The lowest BCUT2D eigenvalue weighted by Gasteiger charge is -2.24. The molecule has 0 aliphatic carbocycles. The van der Waals surface area contributed by atoms with Crippen molar-refractivity contribution in [1.82, 2.24) is 15.8 Å². The molecule has 1 aliphatic heterocycles. The summed E-state index contributed by atoms with van der Waals surface area (Å²) in [5.74, 6) is 0.321. The van der Waals surface area contributed by atoms with Gasteiger partial charge in [-0.05, 0) is 42.3 Å². The lowest BCUT2D eigenvalue weighted by molar-refractivity contribution is 0.264. The van der Waals surface area contributed by atoms with E-state index in [0.717, 1.165) is 25.2 Å². The van der Waals surface area contributed by atoms with Crippen LogP contribution in [0.25, 0.3) is 10.1 Å². The Labute approximate surface area is 162 Å². The molecule has 4 rings (SSSR count). The number of halogens is 1. The van der Waals surface area contributed by atoms with Crippen molar-refractivity contribution in [2.24, 2.45) is 5.92 Å². The number of nitrogens with one attached hydrogen (secondary N) is 2. The highest BCUT2D eigenvalue weighted by atomic mass is 32.1. The minimum atomic E-state index is -0.318. The van der Waals surface area contributed by atoms with E-state index in [4.69, 9.17) is 4.74 Å². The van der Waals surface area contributed by atoms with E-state index in [1.807, 2.05) is 17.4 Å². The Morgan fingerprint density at radius 2 is 2.07 bits per heavy atom. The van der Waals surface area contributed by atoms with Gasteiger partial charge >= 0.3 is 0 Å². The first-order chi connectivity index (χ1) is 13.1. The van der Waals surface area contributed by atoms with Gasteiger partial charge in [0.15, 0.2) is 11.6 Å². The Hall–Kier alpha value is -1.99. The van der Waals surface area contributed by atoms with Gasteiger partial charge in [0, 0.05) is 35.1 Å². The van der Waals surface area contributed by atoms with Crippen LogP contribution in [0, 0.1) is 11.7 Å². The molecule has 0 radical (unpaired) electrons. The third kappa shape index (κ3) is 3.99. The Kier molecular flexibility index (Phi) is 5.41. The smallest absolute Gasteiger partial charge is 0.165 e. The summed E-state index contributed by atoms with van der Waals surface area (Å²) in [5, 5.41) is 1.31. The maximum absolute atomic E-state index is 14.1. The van der Waals surface area contributed by atoms with Crippen molar-refractivity contribution in [3.63, 3.8) is 0 Å². The number of fused-ring (bicyclic) bond motifs is 1. The normalized spacial score (nSPS) is 19.9. The van der Waals surface area contributed by atoms with E-state index in [0.29, 0.717) is 5.92 Å². The summed E-state index contributed by atoms with van der Waals surface area (Å²) in [6.07, 6.45) is 0. The molecule has 27 heavy (non-hydrogen) atoms. The standard InChI is InChI=1S/C21H24FN3OS/c1-25(13-17-9-14-5-3-4-6-20(14)27-17)12-16-11-23-24-21(16)15-7-8-19(26-2)18(22)10-15/h3-10,16,21,23-24H,11-13H2,1-2H3. The summed E-state index contributed by atoms with van der Waals surface area (Å²) in [5.41, 5.74) is 7.47. The SMILES string of the molecule is COc1ccc(C2NNCC2CN(C)Cc2cc3ccccc3s2)cc1F. The fourth-order valence-corrected chi connectivity index (χ4v) is 4.93. The maximum atomic E-state index is 14.1. The second-order valence-corrected chi connectivity index (χ2v) is 8.27. The molecule has 3 aromatic rings. The predicted octanol–water partition coefficient (Wildman–Crippen LogP) is 3.95. The van der Waals surface area contributed by atoms with Crippen molar-refractivity contribution in [2.45, 2.75) is 12.6 Å². The molecule has 2 heterocycles. The van der Waals surface area contributed by atoms with Gasteiger partial charge in [-0.3, -0.25) is 5.43 Å². The van der Waals surface area contributed by atoms with Crippen LogP contribution in [-0.2, 0) is 6.54 Å². The quantitative estimate of drug-likeness (QED) is 0.674. The molecule has 2 atom stereocenters. The lowest BCUT2D eigenvalue weighted by Crippen LogP contribution is -2.30. The Morgan fingerprint density at radius 3 is 2.85 bits per heavy atom. The molecular weight excluding hydrogens is 361 g/mol. The number of ether oxygens (including phenoxy) is 1. The second-order valence-electron chi connectivity index (χ2n) is 7.10. The summed E-state index contributed by atoms with van der Waals surface area (Å²) >= 11 is 1.85. The molecule has 1 aromatic heterocycles. The molecule has 2 N–H and O–H groups in total. The largest absolute Gasteiger partial charge is 0.494 e. The van der Waals surface area contributed by atoms with Crippen molar-refractivity contribution in [1.29, 1.82) is 0 Å². The van der Waals surface area contributed by atoms with E-state index in [9.17, 15) is 4.39 Å². The van der Waals surface area contributed by atoms with Crippen LogP contribution in [-0.4, -0.2) is 32.1 Å². The molecule has 0 bridgehead atoms. The van der Waals surface area contributed by atoms with Gasteiger partial charge in [0.05, 0.1) is 13.2 Å². The molecule has 2 aromatic carbocycles. The zero-order chi connectivity index (χ0) is 18.8. The number of benzene rings is 2. The summed E-state index contributed by atoms with van der Waals surface area (Å²) in [6.45, 7) is 2.70. The van der Waals surface area contributed by atoms with Crippen molar-refractivity contribution in [2.75, 3.05) is 27.2 Å². The van der Waals surface area contributed by atoms with E-state index in [1.165, 1.54) is 22.1 Å². The molecule has 4 nitrogen and oxygen atoms in total. The highest BCUT2D eigenvalue weighted by Gasteiger charge is 2.29. The molecule has 0 spiro atoms. The summed E-state index contributed by atoms with van der Waals surface area (Å²) in [6, 6.07) is 16.1. The van der Waals surface area contributed by atoms with Gasteiger partial charge in [-0.2, -0.15) is 0 Å². The molecule has 1 aliphatic rings. The first kappa shape index (κ1) is 18.4. The van der Waals surface area contributed by atoms with Crippen LogP contribution in [0.5, 0.6) is 5.75 Å². The van der Waals surface area contributed by atoms with Gasteiger partial charge in [-0.1, -0.05) is 24.3 Å². The van der Waals surface area contributed by atoms with Crippen LogP contribution >= 0.6 is 11.3 Å². The van der Waals surface area contributed by atoms with E-state index < -0.39 is 0 Å². The number of rotatable bonds is 6. The Balaban J connectivity index is 1.43. The van der Waals surface area contributed by atoms with E-state index >= 15 is 0 Å². The Morgan fingerprint density at radius 1 is 1.22 bits per heavy atom. The molecule has 0 amide bonds. The number of methoxy groups -OCH3 is 1. The average Bonchev–Trinajstić information content (AvgIpc) is 3.27. The molecule has 0 saturated carbocycles. The predicted molar refractivity (Wildman–Crippen MR) is 108 cm³/mol. The second kappa shape index (κ2) is 7.94. The molecule has 1 saturated heterocycles. The first-order valence-electron chi connectivity index (χ1n) is 9.12. The highest BCUT2D eigenvalue weighted by molar-refractivity contribution is 7.19. The van der Waals surface area contributed by atoms with E-state index in [-0.39, 0.29) is 17.6 Å². The molecule has 6 heteroatoms. The molecular formula is C21H24FN3OS. The van der Waals surface area contributed by atoms with Crippen LogP contribution in [0.4, 0.5) is 4.39 Å². The summed E-state index contributed by atoms with van der Waals surface area (Å²) in [4.78, 5) is 3.71. The monoisotopic (exact) mass is 385 g/mol. The summed E-state index contributed by atoms with van der Waals surface area (Å²) < 4.78 is 20.5. The number of hydrogen-bond donors (Lipinski definition) is 2. The Bertz CT molecular complexity index is 896. The van der Waals surface area contributed by atoms with Crippen LogP contribution in [0.3, 0.4) is 0 Å². The van der Waals surface area contributed by atoms with Crippen LogP contribution in [0.15, 0.2) is 48.5 Å². The van der Waals surface area contributed by atoms with Crippen molar-refractivity contribution >= 4 is 21.4 Å². The number of nitrogens with zero attached hydrogens (tertiary/aromatic N) is 1. The van der Waals surface area contributed by atoms with Gasteiger partial charge in [-0.15, -0.1) is 11.3 Å². The zero-order valence-corrected chi connectivity index (χ0v) is 16.4. The number of thiophene rings is 1. The number of hydrazine groups is 1. The first-order valence-corrected chi connectivity index (χ1v) is 9.93. The minimum absolute atomic E-state index is 0.0789. The third-order valence-electron chi connectivity index (χ3n) is 5.08. The highest BCUT2D eigenvalue weighted by Crippen LogP contribution is 2.30.